The molecule has 1 aliphatic heterocycles. The Morgan fingerprint density at radius 1 is 1.44 bits per heavy atom. The minimum Gasteiger partial charge on any atom is -0.399 e. The molecule has 1 aromatic carbocycles. The summed E-state index contributed by atoms with van der Waals surface area (Å²) in [5, 5.41) is 0.610. The molecule has 98 valence electrons. The maximum Gasteiger partial charge on any atom is 0.255 e. The summed E-state index contributed by atoms with van der Waals surface area (Å²) in [6.45, 7) is 3.68. The van der Waals surface area contributed by atoms with Gasteiger partial charge in [0, 0.05) is 18.8 Å². The fraction of sp³-hybridized carbons (Fsp3) is 0.462. The Hall–Kier alpha value is -0.930. The van der Waals surface area contributed by atoms with Gasteiger partial charge in [0.1, 0.15) is 0 Å². The molecular weight excluding hydrogens is 271 g/mol. The topological polar surface area (TPSA) is 46.3 Å². The van der Waals surface area contributed by atoms with Gasteiger partial charge in [-0.2, -0.15) is 0 Å². The van der Waals surface area contributed by atoms with Gasteiger partial charge in [-0.1, -0.05) is 30.1 Å². The van der Waals surface area contributed by atoms with Crippen LogP contribution in [0.4, 0.5) is 5.69 Å². The number of halogens is 2. The number of anilines is 1. The molecule has 0 radical (unpaired) electrons. The second-order valence-electron chi connectivity index (χ2n) is 4.86. The van der Waals surface area contributed by atoms with E-state index in [0.29, 0.717) is 22.2 Å². The van der Waals surface area contributed by atoms with E-state index in [1.54, 1.807) is 12.1 Å². The minimum absolute atomic E-state index is 0.0826. The molecule has 1 saturated heterocycles. The minimum atomic E-state index is -0.0826. The van der Waals surface area contributed by atoms with Gasteiger partial charge in [0.15, 0.2) is 0 Å². The van der Waals surface area contributed by atoms with Gasteiger partial charge >= 0.3 is 0 Å². The smallest absolute Gasteiger partial charge is 0.255 e. The van der Waals surface area contributed by atoms with Gasteiger partial charge in [0.25, 0.3) is 5.91 Å². The highest BCUT2D eigenvalue weighted by molar-refractivity contribution is 6.44. The largest absolute Gasteiger partial charge is 0.399 e. The molecule has 2 rings (SSSR count). The quantitative estimate of drug-likeness (QED) is 0.804. The van der Waals surface area contributed by atoms with E-state index in [1.165, 1.54) is 0 Å². The van der Waals surface area contributed by atoms with Crippen LogP contribution in [0.25, 0.3) is 0 Å². The van der Waals surface area contributed by atoms with Crippen molar-refractivity contribution < 1.29 is 4.79 Å². The second-order valence-corrected chi connectivity index (χ2v) is 5.65. The Labute approximate surface area is 117 Å². The standard InChI is InChI=1S/C13H16Cl2N2O/c1-8-3-2-4-17(7-8)13(18)10-5-9(16)6-11(14)12(10)15/h5-6,8H,2-4,7,16H2,1H3. The van der Waals surface area contributed by atoms with Crippen molar-refractivity contribution in [2.75, 3.05) is 18.8 Å². The fourth-order valence-electron chi connectivity index (χ4n) is 2.31. The van der Waals surface area contributed by atoms with E-state index in [1.807, 2.05) is 4.90 Å². The third kappa shape index (κ3) is 2.73. The summed E-state index contributed by atoms with van der Waals surface area (Å²) in [7, 11) is 0. The Balaban J connectivity index is 2.28. The van der Waals surface area contributed by atoms with Crippen LogP contribution in [-0.2, 0) is 0 Å². The lowest BCUT2D eigenvalue weighted by Gasteiger charge is -2.31. The van der Waals surface area contributed by atoms with Gasteiger partial charge in [0.05, 0.1) is 15.6 Å². The molecule has 2 N–H and O–H groups in total. The predicted octanol–water partition coefficient (Wildman–Crippen LogP) is 3.45. The molecule has 1 fully saturated rings. The van der Waals surface area contributed by atoms with Crippen LogP contribution < -0.4 is 5.73 Å². The second kappa shape index (κ2) is 5.37. The summed E-state index contributed by atoms with van der Waals surface area (Å²) in [5.41, 5.74) is 6.56. The summed E-state index contributed by atoms with van der Waals surface area (Å²) in [5.74, 6) is 0.443. The molecule has 0 spiro atoms. The van der Waals surface area contributed by atoms with E-state index in [-0.39, 0.29) is 10.9 Å². The number of nitrogen functional groups attached to an aromatic ring is 1. The molecule has 1 amide bonds. The first-order chi connectivity index (χ1) is 8.49. The van der Waals surface area contributed by atoms with Crippen LogP contribution in [0.15, 0.2) is 12.1 Å². The lowest BCUT2D eigenvalue weighted by Crippen LogP contribution is -2.39. The normalized spacial score (nSPS) is 19.9. The number of carbonyl (C=O) groups excluding carboxylic acids is 1. The highest BCUT2D eigenvalue weighted by Crippen LogP contribution is 2.30. The number of piperidine rings is 1. The van der Waals surface area contributed by atoms with Gasteiger partial charge < -0.3 is 10.6 Å². The third-order valence-corrected chi connectivity index (χ3v) is 4.03. The molecule has 3 nitrogen and oxygen atoms in total. The summed E-state index contributed by atoms with van der Waals surface area (Å²) < 4.78 is 0. The first kappa shape index (κ1) is 13.5. The van der Waals surface area contributed by atoms with Gasteiger partial charge in [-0.05, 0) is 30.9 Å². The van der Waals surface area contributed by atoms with Gasteiger partial charge in [-0.3, -0.25) is 4.79 Å². The summed E-state index contributed by atoms with van der Waals surface area (Å²) in [6, 6.07) is 3.15. The third-order valence-electron chi connectivity index (χ3n) is 3.23. The molecule has 0 bridgehead atoms. The van der Waals surface area contributed by atoms with Crippen LogP contribution >= 0.6 is 23.2 Å². The summed E-state index contributed by atoms with van der Waals surface area (Å²) >= 11 is 12.0. The average molecular weight is 287 g/mol. The van der Waals surface area contributed by atoms with Crippen molar-refractivity contribution >= 4 is 34.8 Å². The lowest BCUT2D eigenvalue weighted by atomic mass is 9.99. The Bertz CT molecular complexity index is 476. The van der Waals surface area contributed by atoms with Crippen LogP contribution in [0.2, 0.25) is 10.0 Å². The van der Waals surface area contributed by atoms with Crippen LogP contribution in [0.3, 0.4) is 0 Å². The fourth-order valence-corrected chi connectivity index (χ4v) is 2.73. The van der Waals surface area contributed by atoms with Crippen LogP contribution in [0, 0.1) is 5.92 Å². The van der Waals surface area contributed by atoms with Gasteiger partial charge in [0.2, 0.25) is 0 Å². The molecule has 1 aliphatic rings. The first-order valence-electron chi connectivity index (χ1n) is 6.03. The number of nitrogens with two attached hydrogens (primary N) is 1. The van der Waals surface area contributed by atoms with Crippen molar-refractivity contribution in [3.05, 3.63) is 27.7 Å². The number of hydrogen-bond donors (Lipinski definition) is 1. The first-order valence-corrected chi connectivity index (χ1v) is 6.78. The van der Waals surface area contributed by atoms with Crippen molar-refractivity contribution in [2.45, 2.75) is 19.8 Å². The van der Waals surface area contributed by atoms with Crippen molar-refractivity contribution in [1.82, 2.24) is 4.90 Å². The molecule has 0 aliphatic carbocycles. The van der Waals surface area contributed by atoms with Crippen LogP contribution in [-0.4, -0.2) is 23.9 Å². The zero-order valence-electron chi connectivity index (χ0n) is 10.2. The van der Waals surface area contributed by atoms with Crippen molar-refractivity contribution in [1.29, 1.82) is 0 Å². The highest BCUT2D eigenvalue weighted by Gasteiger charge is 2.24. The van der Waals surface area contributed by atoms with E-state index >= 15 is 0 Å². The number of nitrogens with zero attached hydrogens (tertiary/aromatic N) is 1. The van der Waals surface area contributed by atoms with Gasteiger partial charge in [-0.15, -0.1) is 0 Å². The van der Waals surface area contributed by atoms with Gasteiger partial charge in [-0.25, -0.2) is 0 Å². The molecule has 1 aromatic rings. The van der Waals surface area contributed by atoms with E-state index in [9.17, 15) is 4.79 Å². The average Bonchev–Trinajstić information content (AvgIpc) is 2.33. The Morgan fingerprint density at radius 3 is 2.83 bits per heavy atom. The number of rotatable bonds is 1. The maximum absolute atomic E-state index is 12.4. The van der Waals surface area contributed by atoms with Crippen molar-refractivity contribution in [3.63, 3.8) is 0 Å². The Kier molecular flexibility index (Phi) is 4.03. The predicted molar refractivity (Wildman–Crippen MR) is 75.2 cm³/mol. The molecule has 18 heavy (non-hydrogen) atoms. The van der Waals surface area contributed by atoms with E-state index in [0.717, 1.165) is 25.9 Å². The molecular formula is C13H16Cl2N2O. The number of amides is 1. The van der Waals surface area contributed by atoms with Crippen LogP contribution in [0.1, 0.15) is 30.1 Å². The van der Waals surface area contributed by atoms with Crippen LogP contribution in [0.5, 0.6) is 0 Å². The Morgan fingerprint density at radius 2 is 2.17 bits per heavy atom. The molecule has 0 aromatic heterocycles. The van der Waals surface area contributed by atoms with E-state index in [2.05, 4.69) is 6.92 Å². The highest BCUT2D eigenvalue weighted by atomic mass is 35.5. The molecule has 0 saturated carbocycles. The summed E-state index contributed by atoms with van der Waals surface area (Å²) in [4.78, 5) is 14.2. The molecule has 5 heteroatoms. The SMILES string of the molecule is CC1CCCN(C(=O)c2cc(N)cc(Cl)c2Cl)C1. The molecule has 1 atom stereocenters. The number of hydrogen-bond acceptors (Lipinski definition) is 2. The number of likely N-dealkylation sites (tertiary alicyclic amines) is 1. The zero-order valence-corrected chi connectivity index (χ0v) is 11.8. The molecule has 1 unspecified atom stereocenters. The lowest BCUT2D eigenvalue weighted by molar-refractivity contribution is 0.0683. The van der Waals surface area contributed by atoms with Crippen molar-refractivity contribution in [3.8, 4) is 0 Å². The monoisotopic (exact) mass is 286 g/mol. The van der Waals surface area contributed by atoms with E-state index < -0.39 is 0 Å². The number of carbonyl (C=O) groups is 1. The van der Waals surface area contributed by atoms with E-state index in [4.69, 9.17) is 28.9 Å². The molecule has 1 heterocycles. The summed E-state index contributed by atoms with van der Waals surface area (Å²) in [6.07, 6.45) is 2.19. The zero-order chi connectivity index (χ0) is 13.3. The maximum atomic E-state index is 12.4. The number of benzene rings is 1. The van der Waals surface area contributed by atoms with Crippen molar-refractivity contribution in [2.24, 2.45) is 5.92 Å².